The van der Waals surface area contributed by atoms with Crippen molar-refractivity contribution in [3.63, 3.8) is 0 Å². The summed E-state index contributed by atoms with van der Waals surface area (Å²) in [5.41, 5.74) is 1.95. The number of unbranched alkanes of at least 4 members (excludes halogenated alkanes) is 1. The minimum atomic E-state index is -0.0571. The van der Waals surface area contributed by atoms with E-state index in [1.807, 2.05) is 18.2 Å². The van der Waals surface area contributed by atoms with E-state index in [4.69, 9.17) is 0 Å². The Morgan fingerprint density at radius 1 is 1.40 bits per heavy atom. The maximum Gasteiger partial charge on any atom is 0.258 e. The van der Waals surface area contributed by atoms with Gasteiger partial charge in [-0.3, -0.25) is 4.79 Å². The molecule has 1 heterocycles. The number of benzene rings is 1. The van der Waals surface area contributed by atoms with E-state index in [0.717, 1.165) is 24.8 Å². The first-order valence-corrected chi connectivity index (χ1v) is 5.28. The number of hydrogen-bond donors (Lipinski definition) is 1. The Balaban J connectivity index is 2.56. The number of hydrogen-bond acceptors (Lipinski definition) is 2. The molecule has 0 atom stereocenters. The Hall–Kier alpha value is -1.64. The van der Waals surface area contributed by atoms with Gasteiger partial charge in [-0.05, 0) is 24.5 Å². The van der Waals surface area contributed by atoms with Crippen LogP contribution in [0.15, 0.2) is 29.3 Å². The number of fused-ring (bicyclic) bond motifs is 1. The van der Waals surface area contributed by atoms with E-state index in [0.29, 0.717) is 5.39 Å². The average Bonchev–Trinajstić information content (AvgIpc) is 2.27. The van der Waals surface area contributed by atoms with E-state index < -0.39 is 0 Å². The minimum Gasteiger partial charge on any atom is -0.313 e. The van der Waals surface area contributed by atoms with Crippen LogP contribution in [0, 0.1) is 0 Å². The summed E-state index contributed by atoms with van der Waals surface area (Å²) in [6.07, 6.45) is 4.75. The Morgan fingerprint density at radius 3 is 3.07 bits per heavy atom. The van der Waals surface area contributed by atoms with E-state index in [1.54, 1.807) is 0 Å². The molecule has 3 heteroatoms. The van der Waals surface area contributed by atoms with Crippen LogP contribution in [0.25, 0.3) is 10.9 Å². The molecule has 0 aliphatic rings. The second-order valence-electron chi connectivity index (χ2n) is 3.65. The van der Waals surface area contributed by atoms with Crippen LogP contribution < -0.4 is 5.56 Å². The third-order valence-corrected chi connectivity index (χ3v) is 2.55. The molecule has 1 N–H and O–H groups in total. The van der Waals surface area contributed by atoms with E-state index in [9.17, 15) is 4.79 Å². The lowest BCUT2D eigenvalue weighted by Crippen LogP contribution is -2.07. The van der Waals surface area contributed by atoms with Gasteiger partial charge in [-0.2, -0.15) is 0 Å². The fraction of sp³-hybridized carbons (Fsp3) is 0.333. The number of rotatable bonds is 3. The maximum absolute atomic E-state index is 11.5. The summed E-state index contributed by atoms with van der Waals surface area (Å²) >= 11 is 0. The highest BCUT2D eigenvalue weighted by atomic mass is 16.1. The molecule has 0 unspecified atom stereocenters. The lowest BCUT2D eigenvalue weighted by Gasteiger charge is -2.03. The normalized spacial score (nSPS) is 10.7. The third-order valence-electron chi connectivity index (χ3n) is 2.55. The summed E-state index contributed by atoms with van der Waals surface area (Å²) in [5, 5.41) is 0.686. The molecule has 0 bridgehead atoms. The van der Waals surface area contributed by atoms with Crippen LogP contribution in [0.1, 0.15) is 25.3 Å². The van der Waals surface area contributed by atoms with Crippen molar-refractivity contribution in [3.05, 3.63) is 40.4 Å². The molecule has 2 aromatic rings. The molecule has 78 valence electrons. The molecule has 0 aliphatic heterocycles. The fourth-order valence-electron chi connectivity index (χ4n) is 1.73. The topological polar surface area (TPSA) is 45.8 Å². The van der Waals surface area contributed by atoms with Crippen LogP contribution in [0.3, 0.4) is 0 Å². The zero-order valence-corrected chi connectivity index (χ0v) is 8.79. The first-order valence-electron chi connectivity index (χ1n) is 5.28. The Labute approximate surface area is 88.2 Å². The molecule has 0 saturated heterocycles. The van der Waals surface area contributed by atoms with Gasteiger partial charge in [-0.15, -0.1) is 0 Å². The number of aryl methyl sites for hydroxylation is 1. The van der Waals surface area contributed by atoms with Gasteiger partial charge in [0.15, 0.2) is 0 Å². The molecule has 2 rings (SSSR count). The maximum atomic E-state index is 11.5. The molecule has 15 heavy (non-hydrogen) atoms. The standard InChI is InChI=1S/C12H14N2O/c1-2-3-5-9-6-4-7-10-11(9)13-8-14-12(10)15/h4,6-8H,2-3,5H2,1H3,(H,13,14,15). The summed E-state index contributed by atoms with van der Waals surface area (Å²) in [7, 11) is 0. The van der Waals surface area contributed by atoms with Gasteiger partial charge in [-0.1, -0.05) is 25.5 Å². The summed E-state index contributed by atoms with van der Waals surface area (Å²) in [4.78, 5) is 18.3. The van der Waals surface area contributed by atoms with Gasteiger partial charge >= 0.3 is 0 Å². The van der Waals surface area contributed by atoms with Gasteiger partial charge in [0.25, 0.3) is 5.56 Å². The van der Waals surface area contributed by atoms with Crippen molar-refractivity contribution < 1.29 is 0 Å². The van der Waals surface area contributed by atoms with E-state index >= 15 is 0 Å². The number of nitrogens with zero attached hydrogens (tertiary/aromatic N) is 1. The van der Waals surface area contributed by atoms with Crippen LogP contribution in [-0.4, -0.2) is 9.97 Å². The first-order chi connectivity index (χ1) is 7.33. The highest BCUT2D eigenvalue weighted by molar-refractivity contribution is 5.80. The van der Waals surface area contributed by atoms with E-state index in [2.05, 4.69) is 16.9 Å². The molecule has 1 aromatic carbocycles. The summed E-state index contributed by atoms with van der Waals surface area (Å²) < 4.78 is 0. The SMILES string of the molecule is CCCCc1cccc2c(=O)[nH]cnc12. The highest BCUT2D eigenvalue weighted by Gasteiger charge is 2.03. The highest BCUT2D eigenvalue weighted by Crippen LogP contribution is 2.14. The molecule has 3 nitrogen and oxygen atoms in total. The van der Waals surface area contributed by atoms with E-state index in [1.165, 1.54) is 11.9 Å². The molecule has 0 radical (unpaired) electrons. The quantitative estimate of drug-likeness (QED) is 0.829. The number of nitrogens with one attached hydrogen (secondary N) is 1. The second kappa shape index (κ2) is 4.26. The molecule has 0 fully saturated rings. The molecule has 0 saturated carbocycles. The average molecular weight is 202 g/mol. The predicted molar refractivity (Wildman–Crippen MR) is 61.0 cm³/mol. The smallest absolute Gasteiger partial charge is 0.258 e. The third kappa shape index (κ3) is 1.91. The van der Waals surface area contributed by atoms with Crippen molar-refractivity contribution in [1.82, 2.24) is 9.97 Å². The van der Waals surface area contributed by atoms with Crippen molar-refractivity contribution in [2.75, 3.05) is 0 Å². The molecule has 0 aliphatic carbocycles. The number of aromatic amines is 1. The summed E-state index contributed by atoms with van der Waals surface area (Å²) in [5.74, 6) is 0. The van der Waals surface area contributed by atoms with Gasteiger partial charge in [-0.25, -0.2) is 4.98 Å². The zero-order chi connectivity index (χ0) is 10.7. The van der Waals surface area contributed by atoms with Gasteiger partial charge in [0.1, 0.15) is 0 Å². The van der Waals surface area contributed by atoms with Crippen molar-refractivity contribution in [1.29, 1.82) is 0 Å². The van der Waals surface area contributed by atoms with Crippen LogP contribution in [0.4, 0.5) is 0 Å². The molecule has 0 spiro atoms. The Kier molecular flexibility index (Phi) is 2.81. The summed E-state index contributed by atoms with van der Waals surface area (Å²) in [6.45, 7) is 2.16. The number of H-pyrrole nitrogens is 1. The van der Waals surface area contributed by atoms with Crippen molar-refractivity contribution >= 4 is 10.9 Å². The number of para-hydroxylation sites is 1. The van der Waals surface area contributed by atoms with Gasteiger partial charge < -0.3 is 4.98 Å². The first kappa shape index (κ1) is 9.90. The second-order valence-corrected chi connectivity index (χ2v) is 3.65. The minimum absolute atomic E-state index is 0.0571. The fourth-order valence-corrected chi connectivity index (χ4v) is 1.73. The Bertz CT molecular complexity index is 516. The zero-order valence-electron chi connectivity index (χ0n) is 8.79. The van der Waals surface area contributed by atoms with Crippen LogP contribution >= 0.6 is 0 Å². The van der Waals surface area contributed by atoms with E-state index in [-0.39, 0.29) is 5.56 Å². The van der Waals surface area contributed by atoms with Crippen molar-refractivity contribution in [3.8, 4) is 0 Å². The number of aromatic nitrogens is 2. The lowest BCUT2D eigenvalue weighted by molar-refractivity contribution is 0.797. The van der Waals surface area contributed by atoms with Gasteiger partial charge in [0.2, 0.25) is 0 Å². The molecular weight excluding hydrogens is 188 g/mol. The molecule has 1 aromatic heterocycles. The van der Waals surface area contributed by atoms with Gasteiger partial charge in [0.05, 0.1) is 17.2 Å². The molecular formula is C12H14N2O. The monoisotopic (exact) mass is 202 g/mol. The Morgan fingerprint density at radius 2 is 2.27 bits per heavy atom. The predicted octanol–water partition coefficient (Wildman–Crippen LogP) is 2.27. The van der Waals surface area contributed by atoms with Crippen LogP contribution in [0.2, 0.25) is 0 Å². The van der Waals surface area contributed by atoms with Crippen molar-refractivity contribution in [2.24, 2.45) is 0 Å². The largest absolute Gasteiger partial charge is 0.313 e. The molecule has 0 amide bonds. The van der Waals surface area contributed by atoms with Gasteiger partial charge in [0, 0.05) is 0 Å². The van der Waals surface area contributed by atoms with Crippen molar-refractivity contribution in [2.45, 2.75) is 26.2 Å². The van der Waals surface area contributed by atoms with Crippen LogP contribution in [0.5, 0.6) is 0 Å². The summed E-state index contributed by atoms with van der Waals surface area (Å²) in [6, 6.07) is 5.78. The van der Waals surface area contributed by atoms with Crippen LogP contribution in [-0.2, 0) is 6.42 Å². The lowest BCUT2D eigenvalue weighted by atomic mass is 10.1.